The van der Waals surface area contributed by atoms with Crippen molar-refractivity contribution in [2.75, 3.05) is 13.7 Å². The summed E-state index contributed by atoms with van der Waals surface area (Å²) >= 11 is 3.45. The molecule has 1 heterocycles. The average molecular weight is 293 g/mol. The lowest BCUT2D eigenvalue weighted by molar-refractivity contribution is 0.403. The summed E-state index contributed by atoms with van der Waals surface area (Å²) in [6.07, 6.45) is 2.46. The maximum atomic E-state index is 5.37. The second-order valence-electron chi connectivity index (χ2n) is 3.54. The van der Waals surface area contributed by atoms with Crippen molar-refractivity contribution < 1.29 is 4.74 Å². The minimum absolute atomic E-state index is 0. The van der Waals surface area contributed by atoms with Gasteiger partial charge in [0.2, 0.25) is 0 Å². The average Bonchev–Trinajstić information content (AvgIpc) is 2.70. The minimum Gasteiger partial charge on any atom is -0.496 e. The Morgan fingerprint density at radius 3 is 2.87 bits per heavy atom. The van der Waals surface area contributed by atoms with Gasteiger partial charge >= 0.3 is 0 Å². The SMILES string of the molecule is COc1cc(Br)ccc1C1CCCN1.Cl. The van der Waals surface area contributed by atoms with Crippen LogP contribution in [0.5, 0.6) is 5.75 Å². The van der Waals surface area contributed by atoms with Gasteiger partial charge in [0.15, 0.2) is 0 Å². The van der Waals surface area contributed by atoms with E-state index in [2.05, 4.69) is 33.4 Å². The van der Waals surface area contributed by atoms with Gasteiger partial charge in [-0.1, -0.05) is 22.0 Å². The molecule has 1 aromatic rings. The maximum Gasteiger partial charge on any atom is 0.124 e. The summed E-state index contributed by atoms with van der Waals surface area (Å²) in [5, 5.41) is 3.47. The number of hydrogen-bond acceptors (Lipinski definition) is 2. The Balaban J connectivity index is 0.00000112. The molecule has 1 aliphatic heterocycles. The van der Waals surface area contributed by atoms with Crippen LogP contribution in [-0.4, -0.2) is 13.7 Å². The Labute approximate surface area is 105 Å². The van der Waals surface area contributed by atoms with Crippen LogP contribution < -0.4 is 10.1 Å². The summed E-state index contributed by atoms with van der Waals surface area (Å²) in [5.74, 6) is 0.971. The third-order valence-corrected chi connectivity index (χ3v) is 3.12. The van der Waals surface area contributed by atoms with Gasteiger partial charge < -0.3 is 10.1 Å². The van der Waals surface area contributed by atoms with Gasteiger partial charge in [-0.2, -0.15) is 0 Å². The van der Waals surface area contributed by atoms with Crippen LogP contribution in [0.3, 0.4) is 0 Å². The molecule has 0 spiro atoms. The molecule has 1 aromatic carbocycles. The van der Waals surface area contributed by atoms with E-state index in [9.17, 15) is 0 Å². The van der Waals surface area contributed by atoms with Gasteiger partial charge in [-0.05, 0) is 31.5 Å². The molecular weight excluding hydrogens is 277 g/mol. The molecule has 0 radical (unpaired) electrons. The second kappa shape index (κ2) is 5.73. The zero-order chi connectivity index (χ0) is 9.97. The normalized spacial score (nSPS) is 19.7. The topological polar surface area (TPSA) is 21.3 Å². The Morgan fingerprint density at radius 2 is 2.27 bits per heavy atom. The predicted molar refractivity (Wildman–Crippen MR) is 67.9 cm³/mol. The lowest BCUT2D eigenvalue weighted by atomic mass is 10.0. The fraction of sp³-hybridized carbons (Fsp3) is 0.455. The van der Waals surface area contributed by atoms with Crippen LogP contribution >= 0.6 is 28.3 Å². The molecule has 1 unspecified atom stereocenters. The Morgan fingerprint density at radius 1 is 1.47 bits per heavy atom. The van der Waals surface area contributed by atoms with E-state index in [1.807, 2.05) is 6.07 Å². The first-order chi connectivity index (χ1) is 6.81. The smallest absolute Gasteiger partial charge is 0.124 e. The first-order valence-electron chi connectivity index (χ1n) is 4.88. The molecule has 1 fully saturated rings. The van der Waals surface area contributed by atoms with Crippen molar-refractivity contribution in [3.8, 4) is 5.75 Å². The molecule has 0 aromatic heterocycles. The molecule has 84 valence electrons. The van der Waals surface area contributed by atoms with E-state index >= 15 is 0 Å². The van der Waals surface area contributed by atoms with Crippen LogP contribution in [0.15, 0.2) is 22.7 Å². The van der Waals surface area contributed by atoms with E-state index < -0.39 is 0 Å². The second-order valence-corrected chi connectivity index (χ2v) is 4.45. The molecule has 1 aliphatic rings. The number of rotatable bonds is 2. The van der Waals surface area contributed by atoms with E-state index in [-0.39, 0.29) is 12.4 Å². The fourth-order valence-corrected chi connectivity index (χ4v) is 2.26. The zero-order valence-electron chi connectivity index (χ0n) is 8.63. The van der Waals surface area contributed by atoms with Gasteiger partial charge in [-0.3, -0.25) is 0 Å². The van der Waals surface area contributed by atoms with Crippen molar-refractivity contribution in [3.05, 3.63) is 28.2 Å². The maximum absolute atomic E-state index is 5.37. The van der Waals surface area contributed by atoms with Crippen LogP contribution in [0.2, 0.25) is 0 Å². The third-order valence-electron chi connectivity index (χ3n) is 2.63. The van der Waals surface area contributed by atoms with Crippen LogP contribution in [0.25, 0.3) is 0 Å². The highest BCUT2D eigenvalue weighted by molar-refractivity contribution is 9.10. The molecule has 1 saturated heterocycles. The highest BCUT2D eigenvalue weighted by Crippen LogP contribution is 2.32. The Kier molecular flexibility index (Phi) is 4.90. The Bertz CT molecular complexity index is 326. The molecule has 2 rings (SSSR count). The van der Waals surface area contributed by atoms with Gasteiger partial charge in [0.1, 0.15) is 5.75 Å². The number of nitrogens with one attached hydrogen (secondary N) is 1. The van der Waals surface area contributed by atoms with Gasteiger partial charge in [0.05, 0.1) is 7.11 Å². The highest BCUT2D eigenvalue weighted by Gasteiger charge is 2.19. The van der Waals surface area contributed by atoms with Crippen molar-refractivity contribution in [2.45, 2.75) is 18.9 Å². The van der Waals surface area contributed by atoms with Crippen LogP contribution in [0.1, 0.15) is 24.4 Å². The molecule has 15 heavy (non-hydrogen) atoms. The van der Waals surface area contributed by atoms with Crippen molar-refractivity contribution in [1.29, 1.82) is 0 Å². The molecule has 0 amide bonds. The van der Waals surface area contributed by atoms with Crippen molar-refractivity contribution >= 4 is 28.3 Å². The van der Waals surface area contributed by atoms with Gasteiger partial charge in [0.25, 0.3) is 0 Å². The third kappa shape index (κ3) is 2.86. The standard InChI is InChI=1S/C11H14BrNO.ClH/c1-14-11-7-8(12)4-5-9(11)10-3-2-6-13-10;/h4-5,7,10,13H,2-3,6H2,1H3;1H. The first-order valence-corrected chi connectivity index (χ1v) is 5.67. The molecule has 0 aliphatic carbocycles. The van der Waals surface area contributed by atoms with Gasteiger partial charge in [0, 0.05) is 16.1 Å². The lowest BCUT2D eigenvalue weighted by Crippen LogP contribution is -2.13. The van der Waals surface area contributed by atoms with Crippen molar-refractivity contribution in [1.82, 2.24) is 5.32 Å². The predicted octanol–water partition coefficient (Wildman–Crippen LogP) is 3.30. The first kappa shape index (κ1) is 12.8. The number of methoxy groups -OCH3 is 1. The molecule has 1 N–H and O–H groups in total. The number of benzene rings is 1. The molecule has 1 atom stereocenters. The largest absolute Gasteiger partial charge is 0.496 e. The quantitative estimate of drug-likeness (QED) is 0.903. The lowest BCUT2D eigenvalue weighted by Gasteiger charge is -2.15. The van der Waals surface area contributed by atoms with E-state index in [1.54, 1.807) is 7.11 Å². The summed E-state index contributed by atoms with van der Waals surface area (Å²) in [6.45, 7) is 1.11. The van der Waals surface area contributed by atoms with Crippen LogP contribution in [-0.2, 0) is 0 Å². The zero-order valence-corrected chi connectivity index (χ0v) is 11.0. The molecule has 0 saturated carbocycles. The molecular formula is C11H15BrClNO. The number of ether oxygens (including phenoxy) is 1. The number of halogens is 2. The van der Waals surface area contributed by atoms with E-state index in [0.29, 0.717) is 6.04 Å². The fourth-order valence-electron chi connectivity index (χ4n) is 1.92. The Hall–Kier alpha value is -0.250. The van der Waals surface area contributed by atoms with Crippen LogP contribution in [0.4, 0.5) is 0 Å². The van der Waals surface area contributed by atoms with Crippen molar-refractivity contribution in [2.24, 2.45) is 0 Å². The van der Waals surface area contributed by atoms with E-state index in [0.717, 1.165) is 16.8 Å². The summed E-state index contributed by atoms with van der Waals surface area (Å²) < 4.78 is 6.43. The van der Waals surface area contributed by atoms with Crippen LogP contribution in [0, 0.1) is 0 Å². The molecule has 4 heteroatoms. The minimum atomic E-state index is 0. The van der Waals surface area contributed by atoms with Gasteiger partial charge in [-0.15, -0.1) is 12.4 Å². The van der Waals surface area contributed by atoms with Crippen molar-refractivity contribution in [3.63, 3.8) is 0 Å². The highest BCUT2D eigenvalue weighted by atomic mass is 79.9. The monoisotopic (exact) mass is 291 g/mol. The van der Waals surface area contributed by atoms with E-state index in [1.165, 1.54) is 18.4 Å². The molecule has 0 bridgehead atoms. The molecule has 2 nitrogen and oxygen atoms in total. The number of hydrogen-bond donors (Lipinski definition) is 1. The van der Waals surface area contributed by atoms with Gasteiger partial charge in [-0.25, -0.2) is 0 Å². The summed E-state index contributed by atoms with van der Waals surface area (Å²) in [5.41, 5.74) is 1.27. The van der Waals surface area contributed by atoms with E-state index in [4.69, 9.17) is 4.74 Å². The summed E-state index contributed by atoms with van der Waals surface area (Å²) in [6, 6.07) is 6.69. The summed E-state index contributed by atoms with van der Waals surface area (Å²) in [7, 11) is 1.72. The summed E-state index contributed by atoms with van der Waals surface area (Å²) in [4.78, 5) is 0.